The molecule has 0 amide bonds. The van der Waals surface area contributed by atoms with Crippen LogP contribution in [-0.4, -0.2) is 56.4 Å². The van der Waals surface area contributed by atoms with Gasteiger partial charge in [0.2, 0.25) is 0 Å². The van der Waals surface area contributed by atoms with Gasteiger partial charge in [0, 0.05) is 12.3 Å². The van der Waals surface area contributed by atoms with Crippen LogP contribution in [0.25, 0.3) is 0 Å². The first-order valence-electron chi connectivity index (χ1n) is 9.95. The summed E-state index contributed by atoms with van der Waals surface area (Å²) in [4.78, 5) is 36.4. The summed E-state index contributed by atoms with van der Waals surface area (Å²) in [6.07, 6.45) is 12.0. The smallest absolute Gasteiger partial charge is 0.325 e. The van der Waals surface area contributed by atoms with E-state index in [0.29, 0.717) is 19.3 Å². The molecule has 1 rings (SSSR count). The molecule has 0 aliphatic carbocycles. The Hall–Kier alpha value is 0.180. The zero-order valence-corrected chi connectivity index (χ0v) is 19.5. The highest BCUT2D eigenvalue weighted by molar-refractivity contribution is 7.52. The summed E-state index contributed by atoms with van der Waals surface area (Å²) in [7, 11) is -7.88. The normalized spacial score (nSPS) is 15.5. The molecule has 28 heavy (non-hydrogen) atoms. The van der Waals surface area contributed by atoms with E-state index in [2.05, 4.69) is 11.8 Å². The average Bonchev–Trinajstić information content (AvgIpc) is 2.78. The van der Waals surface area contributed by atoms with Gasteiger partial charge in [-0.3, -0.25) is 9.13 Å². The van der Waals surface area contributed by atoms with E-state index in [9.17, 15) is 9.13 Å². The van der Waals surface area contributed by atoms with Crippen LogP contribution in [0.1, 0.15) is 77.6 Å². The van der Waals surface area contributed by atoms with E-state index >= 15 is 0 Å². The molecule has 1 fully saturated rings. The van der Waals surface area contributed by atoms with Crippen LogP contribution in [0, 0.1) is 0 Å². The highest BCUT2D eigenvalue weighted by atomic mass is 31.2. The highest BCUT2D eigenvalue weighted by Crippen LogP contribution is 2.37. The number of nitrogens with zero attached hydrogens (tertiary/aromatic N) is 1. The summed E-state index contributed by atoms with van der Waals surface area (Å²) in [5.41, 5.74) is 0. The molecule has 1 heterocycles. The predicted molar refractivity (Wildman–Crippen MR) is 117 cm³/mol. The predicted octanol–water partition coefficient (Wildman–Crippen LogP) is 4.28. The molecule has 0 unspecified atom stereocenters. The van der Waals surface area contributed by atoms with Gasteiger partial charge in [0.25, 0.3) is 0 Å². The first-order valence-corrected chi connectivity index (χ1v) is 13.5. The number of rotatable bonds is 11. The van der Waals surface area contributed by atoms with Gasteiger partial charge in [-0.1, -0.05) is 45.4 Å². The van der Waals surface area contributed by atoms with E-state index in [4.69, 9.17) is 19.6 Å². The molecule has 0 bridgehead atoms. The molecule has 0 aromatic rings. The molecule has 1 saturated heterocycles. The van der Waals surface area contributed by atoms with Gasteiger partial charge in [0.15, 0.2) is 0 Å². The molecule has 0 spiro atoms. The molecule has 10 N–H and O–H groups in total. The van der Waals surface area contributed by atoms with Gasteiger partial charge in [0.05, 0.1) is 0 Å². The maximum atomic E-state index is 10.3. The van der Waals surface area contributed by atoms with Crippen molar-refractivity contribution in [1.29, 1.82) is 0 Å². The van der Waals surface area contributed by atoms with Gasteiger partial charge in [-0.25, -0.2) is 0 Å². The van der Waals surface area contributed by atoms with Crippen LogP contribution in [0.4, 0.5) is 0 Å². The van der Waals surface area contributed by atoms with E-state index in [1.807, 2.05) is 0 Å². The minimum Gasteiger partial charge on any atom is -0.344 e. The van der Waals surface area contributed by atoms with E-state index in [1.54, 1.807) is 0 Å². The van der Waals surface area contributed by atoms with E-state index in [1.165, 1.54) is 71.0 Å². The second kappa shape index (κ2) is 19.2. The molecular weight excluding hydrogens is 404 g/mol. The Labute approximate surface area is 171 Å². The van der Waals surface area contributed by atoms with Crippen molar-refractivity contribution in [3.05, 3.63) is 0 Å². The van der Waals surface area contributed by atoms with Crippen molar-refractivity contribution in [3.63, 3.8) is 0 Å². The van der Waals surface area contributed by atoms with Crippen LogP contribution in [0.5, 0.6) is 0 Å². The molecule has 0 saturated carbocycles. The minimum absolute atomic E-state index is 0. The molecular formula is C17H45N3O6P2. The van der Waals surface area contributed by atoms with Crippen molar-refractivity contribution < 1.29 is 28.7 Å². The van der Waals surface area contributed by atoms with Crippen molar-refractivity contribution in [2.45, 2.75) is 77.6 Å². The summed E-state index contributed by atoms with van der Waals surface area (Å²) in [6, 6.07) is 0. The lowest BCUT2D eigenvalue weighted by Crippen LogP contribution is -2.25. The largest absolute Gasteiger partial charge is 0.344 e. The molecule has 174 valence electrons. The highest BCUT2D eigenvalue weighted by Gasteiger charge is 2.14. The molecule has 11 heteroatoms. The Bertz CT molecular complexity index is 399. The first kappa shape index (κ1) is 32.8. The van der Waals surface area contributed by atoms with Crippen LogP contribution in [-0.2, 0) is 9.13 Å². The summed E-state index contributed by atoms with van der Waals surface area (Å²) >= 11 is 0. The van der Waals surface area contributed by atoms with Crippen LogP contribution < -0.4 is 12.3 Å². The van der Waals surface area contributed by atoms with E-state index < -0.39 is 15.2 Å². The molecule has 0 radical (unpaired) electrons. The third kappa shape index (κ3) is 26.2. The fourth-order valence-corrected chi connectivity index (χ4v) is 4.21. The SMILES string of the molecule is CCCCCCN1CCCCCC1.N.N.O=P(O)(O)CCCCCP(=O)(O)O. The molecule has 9 nitrogen and oxygen atoms in total. The van der Waals surface area contributed by atoms with E-state index in [-0.39, 0.29) is 24.6 Å². The quantitative estimate of drug-likeness (QED) is 0.197. The Morgan fingerprint density at radius 3 is 1.50 bits per heavy atom. The molecule has 0 atom stereocenters. The zero-order valence-electron chi connectivity index (χ0n) is 17.7. The lowest BCUT2D eigenvalue weighted by molar-refractivity contribution is 0.278. The van der Waals surface area contributed by atoms with Gasteiger partial charge >= 0.3 is 15.2 Å². The van der Waals surface area contributed by atoms with Gasteiger partial charge in [-0.05, 0) is 51.7 Å². The maximum Gasteiger partial charge on any atom is 0.325 e. The van der Waals surface area contributed by atoms with Crippen LogP contribution >= 0.6 is 15.2 Å². The number of hydrogen-bond donors (Lipinski definition) is 6. The monoisotopic (exact) mass is 449 g/mol. The molecule has 1 aliphatic rings. The topological polar surface area (TPSA) is 188 Å². The summed E-state index contributed by atoms with van der Waals surface area (Å²) < 4.78 is 20.7. The van der Waals surface area contributed by atoms with Crippen molar-refractivity contribution in [1.82, 2.24) is 17.2 Å². The average molecular weight is 450 g/mol. The van der Waals surface area contributed by atoms with Crippen molar-refractivity contribution in [2.24, 2.45) is 0 Å². The standard InChI is InChI=1S/C12H25N.C5H14O6P2.2H3N/c1-2-3-4-7-10-13-11-8-5-6-9-12-13;6-12(7,8)4-2-1-3-5-13(9,10)11;;/h2-12H2,1H3;1-5H2,(H2,6,7,8)(H2,9,10,11);2*1H3. The molecule has 0 aromatic heterocycles. The number of hydrogen-bond acceptors (Lipinski definition) is 5. The Balaban J connectivity index is -0.000000417. The number of likely N-dealkylation sites (tertiary alicyclic amines) is 1. The molecule has 0 aromatic carbocycles. The first-order chi connectivity index (χ1) is 12.1. The zero-order chi connectivity index (χ0) is 19.9. The fourth-order valence-electron chi connectivity index (χ4n) is 2.93. The van der Waals surface area contributed by atoms with Crippen molar-refractivity contribution >= 4 is 15.2 Å². The summed E-state index contributed by atoms with van der Waals surface area (Å²) in [6.45, 7) is 6.38. The van der Waals surface area contributed by atoms with Crippen LogP contribution in [0.15, 0.2) is 0 Å². The van der Waals surface area contributed by atoms with Crippen LogP contribution in [0.2, 0.25) is 0 Å². The Kier molecular flexibility index (Phi) is 22.5. The minimum atomic E-state index is -3.94. The lowest BCUT2D eigenvalue weighted by atomic mass is 10.2. The van der Waals surface area contributed by atoms with Gasteiger partial charge in [0.1, 0.15) is 0 Å². The maximum absolute atomic E-state index is 10.3. The van der Waals surface area contributed by atoms with Gasteiger partial charge < -0.3 is 36.8 Å². The third-order valence-corrected chi connectivity index (χ3v) is 6.22. The van der Waals surface area contributed by atoms with Crippen molar-refractivity contribution in [2.75, 3.05) is 32.0 Å². The lowest BCUT2D eigenvalue weighted by Gasteiger charge is -2.19. The van der Waals surface area contributed by atoms with Crippen LogP contribution in [0.3, 0.4) is 0 Å². The number of unbranched alkanes of at least 4 members (excludes halogenated alkanes) is 5. The Morgan fingerprint density at radius 2 is 1.11 bits per heavy atom. The Morgan fingerprint density at radius 1 is 0.679 bits per heavy atom. The molecule has 1 aliphatic heterocycles. The summed E-state index contributed by atoms with van der Waals surface area (Å²) in [5.74, 6) is 0. The third-order valence-electron chi connectivity index (χ3n) is 4.43. The van der Waals surface area contributed by atoms with Crippen molar-refractivity contribution in [3.8, 4) is 0 Å². The summed E-state index contributed by atoms with van der Waals surface area (Å²) in [5, 5.41) is 0. The van der Waals surface area contributed by atoms with Gasteiger partial charge in [-0.2, -0.15) is 0 Å². The fraction of sp³-hybridized carbons (Fsp3) is 1.00. The second-order valence-electron chi connectivity index (χ2n) is 7.15. The van der Waals surface area contributed by atoms with E-state index in [0.717, 1.165) is 0 Å². The van der Waals surface area contributed by atoms with Gasteiger partial charge in [-0.15, -0.1) is 0 Å². The second-order valence-corrected chi connectivity index (χ2v) is 10.7.